The summed E-state index contributed by atoms with van der Waals surface area (Å²) in [6.45, 7) is 3.68. The Balaban J connectivity index is 2.24. The number of aromatic nitrogens is 2. The van der Waals surface area contributed by atoms with Crippen LogP contribution in [-0.2, 0) is 20.7 Å². The Morgan fingerprint density at radius 1 is 1.27 bits per heavy atom. The smallest absolute Gasteiger partial charge is 0.323 e. The van der Waals surface area contributed by atoms with Gasteiger partial charge in [-0.25, -0.2) is 9.07 Å². The van der Waals surface area contributed by atoms with Crippen LogP contribution in [0.5, 0.6) is 0 Å². The molecule has 0 saturated heterocycles. The van der Waals surface area contributed by atoms with Gasteiger partial charge < -0.3 is 14.7 Å². The molecule has 0 fully saturated rings. The van der Waals surface area contributed by atoms with Crippen LogP contribution in [0, 0.1) is 19.7 Å². The number of nitrogens with zero attached hydrogens (tertiary/aromatic N) is 3. The summed E-state index contributed by atoms with van der Waals surface area (Å²) in [7, 11) is 1.49. The predicted molar refractivity (Wildman–Crippen MR) is 92.8 cm³/mol. The molecule has 0 spiro atoms. The van der Waals surface area contributed by atoms with Gasteiger partial charge in [0.05, 0.1) is 24.4 Å². The average Bonchev–Trinajstić information content (AvgIpc) is 2.87. The predicted octanol–water partition coefficient (Wildman–Crippen LogP) is 1.73. The van der Waals surface area contributed by atoms with Crippen molar-refractivity contribution in [3.8, 4) is 5.69 Å². The fourth-order valence-corrected chi connectivity index (χ4v) is 2.68. The zero-order valence-electron chi connectivity index (χ0n) is 15.0. The number of aryl methyl sites for hydroxylation is 1. The summed E-state index contributed by atoms with van der Waals surface area (Å²) < 4.78 is 19.7. The molecule has 8 heteroatoms. The second-order valence-electron chi connectivity index (χ2n) is 5.92. The maximum Gasteiger partial charge on any atom is 0.323 e. The van der Waals surface area contributed by atoms with E-state index in [2.05, 4.69) is 5.10 Å². The van der Waals surface area contributed by atoms with Gasteiger partial charge in [-0.2, -0.15) is 5.10 Å². The summed E-state index contributed by atoms with van der Waals surface area (Å²) in [5.74, 6) is -1.73. The molecule has 26 heavy (non-hydrogen) atoms. The first-order valence-corrected chi connectivity index (χ1v) is 8.13. The molecule has 0 aliphatic heterocycles. The summed E-state index contributed by atoms with van der Waals surface area (Å²) in [5, 5.41) is 13.4. The largest absolute Gasteiger partial charge is 0.480 e. The van der Waals surface area contributed by atoms with E-state index in [1.807, 2.05) is 6.92 Å². The lowest BCUT2D eigenvalue weighted by atomic mass is 10.1. The Morgan fingerprint density at radius 2 is 1.92 bits per heavy atom. The highest BCUT2D eigenvalue weighted by molar-refractivity contribution is 5.83. The van der Waals surface area contributed by atoms with Crippen LogP contribution in [0.25, 0.3) is 5.69 Å². The first kappa shape index (κ1) is 19.6. The number of rotatable bonds is 8. The zero-order valence-corrected chi connectivity index (χ0v) is 15.0. The number of carboxylic acids is 1. The van der Waals surface area contributed by atoms with Gasteiger partial charge in [-0.1, -0.05) is 0 Å². The minimum Gasteiger partial charge on any atom is -0.480 e. The molecule has 1 heterocycles. The van der Waals surface area contributed by atoms with Gasteiger partial charge in [0.1, 0.15) is 12.4 Å². The minimum atomic E-state index is -1.08. The minimum absolute atomic E-state index is 0.0376. The number of carbonyl (C=O) groups excluding carboxylic acids is 1. The maximum atomic E-state index is 13.1. The highest BCUT2D eigenvalue weighted by atomic mass is 19.1. The Morgan fingerprint density at radius 3 is 2.50 bits per heavy atom. The van der Waals surface area contributed by atoms with Crippen molar-refractivity contribution in [2.24, 2.45) is 0 Å². The van der Waals surface area contributed by atoms with Crippen LogP contribution >= 0.6 is 0 Å². The van der Waals surface area contributed by atoms with Crippen molar-refractivity contribution in [3.05, 3.63) is 47.0 Å². The number of methoxy groups -OCH3 is 1. The van der Waals surface area contributed by atoms with Gasteiger partial charge in [-0.05, 0) is 38.1 Å². The van der Waals surface area contributed by atoms with Gasteiger partial charge in [0.25, 0.3) is 0 Å². The molecule has 1 aromatic heterocycles. The number of amides is 1. The standard InChI is InChI=1S/C18H22FN3O4/c1-12-16(10-17(23)21(8-9-26-3)11-18(24)25)13(2)22(20-12)15-6-4-14(19)5-7-15/h4-7H,8-11H2,1-3H3,(H,24,25). The SMILES string of the molecule is COCCN(CC(=O)O)C(=O)Cc1c(C)nn(-c2ccc(F)cc2)c1C. The number of hydrogen-bond acceptors (Lipinski definition) is 4. The summed E-state index contributed by atoms with van der Waals surface area (Å²) in [6, 6.07) is 5.90. The number of benzene rings is 1. The fraction of sp³-hybridized carbons (Fsp3) is 0.389. The summed E-state index contributed by atoms with van der Waals surface area (Å²) in [5.41, 5.74) is 2.84. The van der Waals surface area contributed by atoms with E-state index in [1.165, 1.54) is 24.1 Å². The third kappa shape index (κ3) is 4.66. The summed E-state index contributed by atoms with van der Waals surface area (Å²) >= 11 is 0. The van der Waals surface area contributed by atoms with Crippen LogP contribution in [0.4, 0.5) is 4.39 Å². The zero-order chi connectivity index (χ0) is 19.3. The third-order valence-corrected chi connectivity index (χ3v) is 4.08. The lowest BCUT2D eigenvalue weighted by Crippen LogP contribution is -2.39. The highest BCUT2D eigenvalue weighted by Gasteiger charge is 2.21. The first-order chi connectivity index (χ1) is 12.3. The Kier molecular flexibility index (Phi) is 6.46. The lowest BCUT2D eigenvalue weighted by molar-refractivity contribution is -0.144. The first-order valence-electron chi connectivity index (χ1n) is 8.13. The van der Waals surface area contributed by atoms with E-state index >= 15 is 0 Å². The van der Waals surface area contributed by atoms with Crippen molar-refractivity contribution >= 4 is 11.9 Å². The number of ether oxygens (including phenoxy) is 1. The van der Waals surface area contributed by atoms with Crippen molar-refractivity contribution in [3.63, 3.8) is 0 Å². The molecule has 0 unspecified atom stereocenters. The van der Waals surface area contributed by atoms with Gasteiger partial charge >= 0.3 is 5.97 Å². The Bertz CT molecular complexity index is 786. The van der Waals surface area contributed by atoms with Crippen LogP contribution < -0.4 is 0 Å². The van der Waals surface area contributed by atoms with Gasteiger partial charge in [-0.15, -0.1) is 0 Å². The second kappa shape index (κ2) is 8.57. The monoisotopic (exact) mass is 363 g/mol. The van der Waals surface area contributed by atoms with Crippen molar-refractivity contribution in [2.45, 2.75) is 20.3 Å². The van der Waals surface area contributed by atoms with Crippen molar-refractivity contribution < 1.29 is 23.8 Å². The van der Waals surface area contributed by atoms with E-state index in [4.69, 9.17) is 9.84 Å². The molecule has 140 valence electrons. The van der Waals surface area contributed by atoms with E-state index in [0.717, 1.165) is 11.3 Å². The number of carbonyl (C=O) groups is 2. The Hall–Kier alpha value is -2.74. The van der Waals surface area contributed by atoms with Crippen molar-refractivity contribution in [2.75, 3.05) is 26.8 Å². The average molecular weight is 363 g/mol. The molecule has 7 nitrogen and oxygen atoms in total. The number of hydrogen-bond donors (Lipinski definition) is 1. The lowest BCUT2D eigenvalue weighted by Gasteiger charge is -2.20. The van der Waals surface area contributed by atoms with Crippen LogP contribution in [0.1, 0.15) is 17.0 Å². The van der Waals surface area contributed by atoms with E-state index in [0.29, 0.717) is 11.4 Å². The summed E-state index contributed by atoms with van der Waals surface area (Å²) in [4.78, 5) is 24.8. The second-order valence-corrected chi connectivity index (χ2v) is 5.92. The number of carboxylic acid groups (broad SMARTS) is 1. The van der Waals surface area contributed by atoms with Gasteiger partial charge in [-0.3, -0.25) is 9.59 Å². The van der Waals surface area contributed by atoms with E-state index in [9.17, 15) is 14.0 Å². The molecule has 0 bridgehead atoms. The molecule has 0 atom stereocenters. The third-order valence-electron chi connectivity index (χ3n) is 4.08. The molecular formula is C18H22FN3O4. The van der Waals surface area contributed by atoms with E-state index in [-0.39, 0.29) is 37.8 Å². The van der Waals surface area contributed by atoms with Gasteiger partial charge in [0.2, 0.25) is 5.91 Å². The molecule has 2 rings (SSSR count). The van der Waals surface area contributed by atoms with Gasteiger partial charge in [0, 0.05) is 24.9 Å². The van der Waals surface area contributed by atoms with Crippen LogP contribution in [-0.4, -0.2) is 58.5 Å². The Labute approximate surface area is 151 Å². The maximum absolute atomic E-state index is 13.1. The molecule has 0 radical (unpaired) electrons. The van der Waals surface area contributed by atoms with E-state index < -0.39 is 5.97 Å². The van der Waals surface area contributed by atoms with E-state index in [1.54, 1.807) is 23.7 Å². The molecule has 0 aliphatic rings. The molecule has 2 aromatic rings. The topological polar surface area (TPSA) is 84.7 Å². The van der Waals surface area contributed by atoms with Crippen LogP contribution in [0.15, 0.2) is 24.3 Å². The number of halogens is 1. The molecule has 1 aromatic carbocycles. The number of aliphatic carboxylic acids is 1. The quantitative estimate of drug-likeness (QED) is 0.772. The van der Waals surface area contributed by atoms with Crippen molar-refractivity contribution in [1.29, 1.82) is 0 Å². The van der Waals surface area contributed by atoms with Gasteiger partial charge in [0.15, 0.2) is 0 Å². The van der Waals surface area contributed by atoms with Crippen LogP contribution in [0.3, 0.4) is 0 Å². The molecule has 1 amide bonds. The van der Waals surface area contributed by atoms with Crippen LogP contribution in [0.2, 0.25) is 0 Å². The summed E-state index contributed by atoms with van der Waals surface area (Å²) in [6.07, 6.45) is 0.0376. The normalized spacial score (nSPS) is 10.8. The molecule has 1 N–H and O–H groups in total. The molecular weight excluding hydrogens is 341 g/mol. The fourth-order valence-electron chi connectivity index (χ4n) is 2.68. The molecule has 0 saturated carbocycles. The molecule has 0 aliphatic carbocycles. The van der Waals surface area contributed by atoms with Crippen molar-refractivity contribution in [1.82, 2.24) is 14.7 Å². The highest BCUT2D eigenvalue weighted by Crippen LogP contribution is 2.19.